The summed E-state index contributed by atoms with van der Waals surface area (Å²) in [5.41, 5.74) is -1.35. The van der Waals surface area contributed by atoms with Gasteiger partial charge >= 0.3 is 6.18 Å². The number of benzene rings is 1. The standard InChI is InChI=1S/C24H26Cl2F3N5O5S2/c1-11-7-5-6-10-34(11)21(35)17-18(40-20(30-17)19-31-32-22(39-19)23(3,4)36)13-8-9-14(16(26)15(13)25)41(37,38)33-12(2)24(27,28)29/h8-9,11-12,33,36H,5-7,10H2,1-4H3. The molecule has 2 aromatic heterocycles. The molecule has 1 saturated heterocycles. The third-order valence-corrected chi connectivity index (χ3v) is 10.1. The molecule has 3 heterocycles. The normalized spacial score (nSPS) is 17.6. The Balaban J connectivity index is 1.83. The van der Waals surface area contributed by atoms with Gasteiger partial charge in [0.25, 0.3) is 11.8 Å². The Bertz CT molecular complexity index is 1570. The monoisotopic (exact) mass is 655 g/mol. The van der Waals surface area contributed by atoms with Crippen molar-refractivity contribution in [1.29, 1.82) is 0 Å². The molecule has 1 amide bonds. The van der Waals surface area contributed by atoms with Gasteiger partial charge in [0.15, 0.2) is 5.01 Å². The number of halogens is 5. The molecule has 1 aromatic carbocycles. The van der Waals surface area contributed by atoms with Crippen molar-refractivity contribution in [2.24, 2.45) is 0 Å². The van der Waals surface area contributed by atoms with E-state index in [9.17, 15) is 31.5 Å². The quantitative estimate of drug-likeness (QED) is 0.334. The van der Waals surface area contributed by atoms with Gasteiger partial charge in [-0.2, -0.15) is 17.9 Å². The van der Waals surface area contributed by atoms with Crippen LogP contribution in [-0.4, -0.2) is 64.3 Å². The molecule has 2 N–H and O–H groups in total. The zero-order chi connectivity index (χ0) is 30.5. The zero-order valence-corrected chi connectivity index (χ0v) is 25.4. The molecule has 0 bridgehead atoms. The van der Waals surface area contributed by atoms with Crippen LogP contribution in [0, 0.1) is 0 Å². The molecule has 4 rings (SSSR count). The summed E-state index contributed by atoms with van der Waals surface area (Å²) in [6.45, 7) is 5.96. The van der Waals surface area contributed by atoms with Crippen molar-refractivity contribution in [3.05, 3.63) is 33.8 Å². The first-order valence-corrected chi connectivity index (χ1v) is 15.4. The minimum Gasteiger partial charge on any atom is -0.415 e. The Labute approximate surface area is 247 Å². The SMILES string of the molecule is CC1CCCCN1C(=O)c1nc(-c2nnc(C(C)(C)O)o2)sc1-c1ccc(S(=O)(=O)NC(C)C(F)(F)F)c(Cl)c1Cl. The van der Waals surface area contributed by atoms with Crippen molar-refractivity contribution < 1.29 is 35.9 Å². The van der Waals surface area contributed by atoms with Gasteiger partial charge in [0.1, 0.15) is 22.2 Å². The lowest BCUT2D eigenvalue weighted by Crippen LogP contribution is -2.43. The second-order valence-electron chi connectivity index (χ2n) is 10.1. The van der Waals surface area contributed by atoms with E-state index in [1.54, 1.807) is 9.62 Å². The fourth-order valence-electron chi connectivity index (χ4n) is 4.11. The Morgan fingerprint density at radius 2 is 1.90 bits per heavy atom. The Morgan fingerprint density at radius 1 is 1.22 bits per heavy atom. The molecular formula is C24H26Cl2F3N5O5S2. The molecular weight excluding hydrogens is 630 g/mol. The first kappa shape index (κ1) is 31.6. The van der Waals surface area contributed by atoms with Gasteiger partial charge in [-0.3, -0.25) is 4.79 Å². The maximum absolute atomic E-state index is 13.7. The largest absolute Gasteiger partial charge is 0.415 e. The molecule has 1 aliphatic rings. The number of amides is 1. The summed E-state index contributed by atoms with van der Waals surface area (Å²) in [5.74, 6) is -0.578. The fraction of sp³-hybridized carbons (Fsp3) is 0.500. The lowest BCUT2D eigenvalue weighted by atomic mass is 10.0. The number of piperidine rings is 1. The lowest BCUT2D eigenvalue weighted by Gasteiger charge is -2.33. The molecule has 17 heteroatoms. The highest BCUT2D eigenvalue weighted by Gasteiger charge is 2.40. The van der Waals surface area contributed by atoms with Crippen molar-refractivity contribution in [2.75, 3.05) is 6.54 Å². The molecule has 10 nitrogen and oxygen atoms in total. The number of aliphatic hydroxyl groups is 1. The van der Waals surface area contributed by atoms with Crippen molar-refractivity contribution >= 4 is 50.5 Å². The Hall–Kier alpha value is -2.30. The number of nitrogens with zero attached hydrogens (tertiary/aromatic N) is 4. The van der Waals surface area contributed by atoms with E-state index in [1.807, 2.05) is 6.92 Å². The molecule has 0 aliphatic carbocycles. The summed E-state index contributed by atoms with van der Waals surface area (Å²) in [6, 6.07) is -0.214. The number of rotatable bonds is 7. The van der Waals surface area contributed by atoms with Gasteiger partial charge in [-0.05, 0) is 53.0 Å². The third kappa shape index (κ3) is 6.54. The summed E-state index contributed by atoms with van der Waals surface area (Å²) in [6.07, 6.45) is -2.29. The molecule has 41 heavy (non-hydrogen) atoms. The maximum Gasteiger partial charge on any atom is 0.404 e. The van der Waals surface area contributed by atoms with Crippen LogP contribution in [0.3, 0.4) is 0 Å². The van der Waals surface area contributed by atoms with Gasteiger partial charge in [-0.1, -0.05) is 29.3 Å². The molecule has 0 saturated carbocycles. The summed E-state index contributed by atoms with van der Waals surface area (Å²) >= 11 is 13.7. The average molecular weight is 657 g/mol. The summed E-state index contributed by atoms with van der Waals surface area (Å²) in [7, 11) is -4.73. The van der Waals surface area contributed by atoms with Crippen molar-refractivity contribution in [1.82, 2.24) is 24.8 Å². The minimum absolute atomic E-state index is 0.0286. The van der Waals surface area contributed by atoms with E-state index in [0.717, 1.165) is 36.7 Å². The van der Waals surface area contributed by atoms with E-state index in [0.29, 0.717) is 13.5 Å². The van der Waals surface area contributed by atoms with Crippen LogP contribution in [0.2, 0.25) is 10.0 Å². The first-order valence-electron chi connectivity index (χ1n) is 12.4. The summed E-state index contributed by atoms with van der Waals surface area (Å²) in [5, 5.41) is 17.3. The summed E-state index contributed by atoms with van der Waals surface area (Å²) < 4.78 is 71.6. The fourth-order valence-corrected chi connectivity index (χ4v) is 7.27. The van der Waals surface area contributed by atoms with E-state index in [4.69, 9.17) is 27.6 Å². The number of aromatic nitrogens is 3. The van der Waals surface area contributed by atoms with Gasteiger partial charge in [-0.15, -0.1) is 21.5 Å². The predicted octanol–water partition coefficient (Wildman–Crippen LogP) is 5.64. The summed E-state index contributed by atoms with van der Waals surface area (Å²) in [4.78, 5) is 19.4. The number of hydrogen-bond donors (Lipinski definition) is 2. The number of hydrogen-bond acceptors (Lipinski definition) is 9. The molecule has 3 aromatic rings. The number of alkyl halides is 3. The number of sulfonamides is 1. The molecule has 1 aliphatic heterocycles. The topological polar surface area (TPSA) is 139 Å². The van der Waals surface area contributed by atoms with Crippen LogP contribution >= 0.6 is 34.5 Å². The number of carbonyl (C=O) groups is 1. The van der Waals surface area contributed by atoms with Crippen molar-refractivity contribution in [3.8, 4) is 21.3 Å². The van der Waals surface area contributed by atoms with E-state index in [-0.39, 0.29) is 44.0 Å². The van der Waals surface area contributed by atoms with Gasteiger partial charge in [0.05, 0.1) is 14.9 Å². The lowest BCUT2D eigenvalue weighted by molar-refractivity contribution is -0.147. The zero-order valence-electron chi connectivity index (χ0n) is 22.2. The molecule has 1 fully saturated rings. The van der Waals surface area contributed by atoms with E-state index in [1.165, 1.54) is 19.9 Å². The number of thiazole rings is 1. The smallest absolute Gasteiger partial charge is 0.404 e. The van der Waals surface area contributed by atoms with Gasteiger partial charge in [-0.25, -0.2) is 13.4 Å². The van der Waals surface area contributed by atoms with E-state index in [2.05, 4.69) is 15.2 Å². The van der Waals surface area contributed by atoms with Crippen LogP contribution in [0.25, 0.3) is 21.3 Å². The van der Waals surface area contributed by atoms with Crippen molar-refractivity contribution in [2.45, 2.75) is 75.7 Å². The highest BCUT2D eigenvalue weighted by atomic mass is 35.5. The Morgan fingerprint density at radius 3 is 2.49 bits per heavy atom. The first-order chi connectivity index (χ1) is 18.9. The van der Waals surface area contributed by atoms with Gasteiger partial charge in [0.2, 0.25) is 15.9 Å². The molecule has 2 atom stereocenters. The maximum atomic E-state index is 13.7. The van der Waals surface area contributed by atoms with Crippen LogP contribution < -0.4 is 4.72 Å². The molecule has 224 valence electrons. The molecule has 0 spiro atoms. The number of likely N-dealkylation sites (tertiary alicyclic amines) is 1. The van der Waals surface area contributed by atoms with Gasteiger partial charge in [0, 0.05) is 18.2 Å². The van der Waals surface area contributed by atoms with E-state index < -0.39 is 43.7 Å². The highest BCUT2D eigenvalue weighted by molar-refractivity contribution is 7.89. The average Bonchev–Trinajstić information content (AvgIpc) is 3.52. The van der Waals surface area contributed by atoms with Crippen LogP contribution in [0.4, 0.5) is 13.2 Å². The third-order valence-electron chi connectivity index (χ3n) is 6.43. The number of nitrogens with one attached hydrogen (secondary N) is 1. The minimum atomic E-state index is -4.83. The van der Waals surface area contributed by atoms with Crippen LogP contribution in [-0.2, 0) is 15.6 Å². The van der Waals surface area contributed by atoms with E-state index >= 15 is 0 Å². The highest BCUT2D eigenvalue weighted by Crippen LogP contribution is 2.44. The predicted molar refractivity (Wildman–Crippen MR) is 146 cm³/mol. The molecule has 0 radical (unpaired) electrons. The molecule has 2 unspecified atom stereocenters. The second kappa shape index (κ2) is 11.4. The van der Waals surface area contributed by atoms with Crippen LogP contribution in [0.1, 0.15) is 63.3 Å². The second-order valence-corrected chi connectivity index (χ2v) is 13.6. The van der Waals surface area contributed by atoms with Gasteiger partial charge < -0.3 is 14.4 Å². The van der Waals surface area contributed by atoms with Crippen LogP contribution in [0.5, 0.6) is 0 Å². The van der Waals surface area contributed by atoms with Crippen LogP contribution in [0.15, 0.2) is 21.4 Å². The number of carbonyl (C=O) groups excluding carboxylic acids is 1. The Kier molecular flexibility index (Phi) is 8.81. The van der Waals surface area contributed by atoms with Crippen molar-refractivity contribution in [3.63, 3.8) is 0 Å².